The van der Waals surface area contributed by atoms with Gasteiger partial charge in [-0.15, -0.1) is 0 Å². The first-order valence-electron chi connectivity index (χ1n) is 6.34. The zero-order valence-electron chi connectivity index (χ0n) is 11.7. The van der Waals surface area contributed by atoms with Gasteiger partial charge in [-0.3, -0.25) is 19.7 Å². The quantitative estimate of drug-likeness (QED) is 0.490. The number of aryl methyl sites for hydroxylation is 2. The summed E-state index contributed by atoms with van der Waals surface area (Å²) in [6, 6.07) is 8.15. The third-order valence-electron chi connectivity index (χ3n) is 3.15. The molecule has 0 unspecified atom stereocenters. The van der Waals surface area contributed by atoms with Crippen LogP contribution in [0.25, 0.3) is 0 Å². The van der Waals surface area contributed by atoms with Gasteiger partial charge in [0.25, 0.3) is 11.2 Å². The number of Topliss-reactive ketones (excluding diaryl/α,β-unsaturated/α-hetero) is 1. The van der Waals surface area contributed by atoms with E-state index in [9.17, 15) is 19.7 Å². The molecular weight excluding hydrogens is 272 g/mol. The van der Waals surface area contributed by atoms with Crippen molar-refractivity contribution < 1.29 is 9.72 Å². The molecule has 0 saturated carbocycles. The summed E-state index contributed by atoms with van der Waals surface area (Å²) >= 11 is 0. The number of nitro groups is 1. The highest BCUT2D eigenvalue weighted by Crippen LogP contribution is 2.11. The summed E-state index contributed by atoms with van der Waals surface area (Å²) in [4.78, 5) is 34.3. The number of nitrogens with zero attached hydrogens (tertiary/aromatic N) is 2. The predicted molar refractivity (Wildman–Crippen MR) is 77.6 cm³/mol. The molecule has 2 aromatic rings. The Balaban J connectivity index is 2.35. The van der Waals surface area contributed by atoms with Crippen molar-refractivity contribution in [2.24, 2.45) is 0 Å². The van der Waals surface area contributed by atoms with Crippen molar-refractivity contribution in [1.29, 1.82) is 0 Å². The van der Waals surface area contributed by atoms with Gasteiger partial charge in [-0.2, -0.15) is 0 Å². The van der Waals surface area contributed by atoms with Gasteiger partial charge in [0.15, 0.2) is 5.78 Å². The molecule has 0 aliphatic heterocycles. The Morgan fingerprint density at radius 3 is 2.43 bits per heavy atom. The van der Waals surface area contributed by atoms with Crippen molar-refractivity contribution >= 4 is 11.5 Å². The fourth-order valence-electron chi connectivity index (χ4n) is 1.97. The lowest BCUT2D eigenvalue weighted by atomic mass is 10.1. The third kappa shape index (κ3) is 3.22. The predicted octanol–water partition coefficient (Wildman–Crippen LogP) is 2.26. The van der Waals surface area contributed by atoms with E-state index >= 15 is 0 Å². The van der Waals surface area contributed by atoms with Crippen LogP contribution in [0.3, 0.4) is 0 Å². The van der Waals surface area contributed by atoms with Gasteiger partial charge in [0.2, 0.25) is 0 Å². The minimum absolute atomic E-state index is 0.205. The average Bonchev–Trinajstić information content (AvgIpc) is 2.44. The number of pyridine rings is 1. The first-order chi connectivity index (χ1) is 9.88. The Bertz CT molecular complexity index is 760. The molecule has 0 atom stereocenters. The van der Waals surface area contributed by atoms with E-state index in [0.717, 1.165) is 16.3 Å². The maximum Gasteiger partial charge on any atom is 0.286 e. The summed E-state index contributed by atoms with van der Waals surface area (Å²) in [6.45, 7) is 3.18. The number of carbonyl (C=O) groups excluding carboxylic acids is 1. The van der Waals surface area contributed by atoms with E-state index in [-0.39, 0.29) is 23.6 Å². The number of hydrogen-bond donors (Lipinski definition) is 0. The molecule has 0 radical (unpaired) electrons. The van der Waals surface area contributed by atoms with Crippen molar-refractivity contribution in [1.82, 2.24) is 4.57 Å². The maximum atomic E-state index is 12.1. The summed E-state index contributed by atoms with van der Waals surface area (Å²) in [5.41, 5.74) is 1.12. The lowest BCUT2D eigenvalue weighted by molar-refractivity contribution is -0.385. The van der Waals surface area contributed by atoms with Crippen molar-refractivity contribution in [3.63, 3.8) is 0 Å². The highest BCUT2D eigenvalue weighted by Gasteiger charge is 2.14. The number of benzene rings is 1. The summed E-state index contributed by atoms with van der Waals surface area (Å²) in [5, 5.41) is 10.8. The van der Waals surface area contributed by atoms with Crippen LogP contribution >= 0.6 is 0 Å². The van der Waals surface area contributed by atoms with Crippen molar-refractivity contribution in [3.8, 4) is 0 Å². The fraction of sp³-hybridized carbons (Fsp3) is 0.200. The zero-order valence-corrected chi connectivity index (χ0v) is 11.7. The molecule has 2 rings (SSSR count). The lowest BCUT2D eigenvalue weighted by Crippen LogP contribution is -2.25. The van der Waals surface area contributed by atoms with Gasteiger partial charge in [0.1, 0.15) is 0 Å². The monoisotopic (exact) mass is 286 g/mol. The van der Waals surface area contributed by atoms with Crippen LogP contribution in [0.15, 0.2) is 41.3 Å². The normalized spacial score (nSPS) is 10.4. The van der Waals surface area contributed by atoms with E-state index in [4.69, 9.17) is 0 Å². The Hall–Kier alpha value is -2.76. The minimum Gasteiger partial charge on any atom is -0.301 e. The minimum atomic E-state index is -0.584. The average molecular weight is 286 g/mol. The molecule has 1 heterocycles. The second-order valence-corrected chi connectivity index (χ2v) is 4.86. The van der Waals surface area contributed by atoms with Crippen molar-refractivity contribution in [2.75, 3.05) is 0 Å². The topological polar surface area (TPSA) is 82.2 Å². The fourth-order valence-corrected chi connectivity index (χ4v) is 1.97. The van der Waals surface area contributed by atoms with Crippen LogP contribution in [0.5, 0.6) is 0 Å². The highest BCUT2D eigenvalue weighted by molar-refractivity contribution is 5.95. The number of aromatic nitrogens is 1. The van der Waals surface area contributed by atoms with Gasteiger partial charge < -0.3 is 4.57 Å². The van der Waals surface area contributed by atoms with Crippen LogP contribution in [0.1, 0.15) is 21.5 Å². The summed E-state index contributed by atoms with van der Waals surface area (Å²) < 4.78 is 1.08. The summed E-state index contributed by atoms with van der Waals surface area (Å²) in [5.74, 6) is -0.267. The largest absolute Gasteiger partial charge is 0.301 e. The SMILES string of the molecule is Cc1ccc(C(=O)Cn2cc([N+](=O)[O-])cc(C)c2=O)cc1. The van der Waals surface area contributed by atoms with E-state index in [1.165, 1.54) is 13.0 Å². The molecule has 0 amide bonds. The standard InChI is InChI=1S/C15H14N2O4/c1-10-3-5-12(6-4-10)14(18)9-16-8-13(17(20)21)7-11(2)15(16)19/h3-8H,9H2,1-2H3. The van der Waals surface area contributed by atoms with Gasteiger partial charge in [-0.25, -0.2) is 0 Å². The first kappa shape index (κ1) is 14.6. The Morgan fingerprint density at radius 2 is 1.86 bits per heavy atom. The van der Waals surface area contributed by atoms with Crippen LogP contribution in [0, 0.1) is 24.0 Å². The smallest absolute Gasteiger partial charge is 0.286 e. The molecule has 0 aliphatic rings. The van der Waals surface area contributed by atoms with Crippen molar-refractivity contribution in [2.45, 2.75) is 20.4 Å². The van der Waals surface area contributed by atoms with Gasteiger partial charge in [0.05, 0.1) is 17.7 Å². The summed E-state index contributed by atoms with van der Waals surface area (Å²) in [7, 11) is 0. The van der Waals surface area contributed by atoms with Crippen LogP contribution in [-0.2, 0) is 6.54 Å². The second-order valence-electron chi connectivity index (χ2n) is 4.86. The molecule has 6 nitrogen and oxygen atoms in total. The van der Waals surface area contributed by atoms with Crippen LogP contribution in [0.4, 0.5) is 5.69 Å². The molecule has 0 aliphatic carbocycles. The molecule has 0 fully saturated rings. The van der Waals surface area contributed by atoms with E-state index in [2.05, 4.69) is 0 Å². The molecule has 108 valence electrons. The molecule has 21 heavy (non-hydrogen) atoms. The Morgan fingerprint density at radius 1 is 1.24 bits per heavy atom. The molecule has 0 saturated heterocycles. The van der Waals surface area contributed by atoms with E-state index in [0.29, 0.717) is 5.56 Å². The molecular formula is C15H14N2O4. The zero-order chi connectivity index (χ0) is 15.6. The van der Waals surface area contributed by atoms with Gasteiger partial charge in [-0.05, 0) is 13.8 Å². The van der Waals surface area contributed by atoms with Gasteiger partial charge >= 0.3 is 0 Å². The molecule has 0 spiro atoms. The molecule has 0 bridgehead atoms. The van der Waals surface area contributed by atoms with Crippen LogP contribution in [-0.4, -0.2) is 15.3 Å². The molecule has 0 N–H and O–H groups in total. The van der Waals surface area contributed by atoms with Crippen molar-refractivity contribution in [3.05, 3.63) is 73.7 Å². The highest BCUT2D eigenvalue weighted by atomic mass is 16.6. The molecule has 6 heteroatoms. The van der Waals surface area contributed by atoms with E-state index in [1.54, 1.807) is 24.3 Å². The summed E-state index contributed by atoms with van der Waals surface area (Å²) in [6.07, 6.45) is 1.10. The number of ketones is 1. The van der Waals surface area contributed by atoms with Gasteiger partial charge in [0, 0.05) is 17.2 Å². The first-order valence-corrected chi connectivity index (χ1v) is 6.34. The Labute approximate surface area is 120 Å². The Kier molecular flexibility index (Phi) is 3.98. The lowest BCUT2D eigenvalue weighted by Gasteiger charge is -2.06. The number of carbonyl (C=O) groups is 1. The van der Waals surface area contributed by atoms with Gasteiger partial charge in [-0.1, -0.05) is 29.8 Å². The maximum absolute atomic E-state index is 12.1. The second kappa shape index (κ2) is 5.70. The third-order valence-corrected chi connectivity index (χ3v) is 3.15. The van der Waals surface area contributed by atoms with Crippen LogP contribution < -0.4 is 5.56 Å². The number of hydrogen-bond acceptors (Lipinski definition) is 4. The number of rotatable bonds is 4. The van der Waals surface area contributed by atoms with Crippen LogP contribution in [0.2, 0.25) is 0 Å². The molecule has 1 aromatic heterocycles. The van der Waals surface area contributed by atoms with E-state index in [1.807, 2.05) is 6.92 Å². The van der Waals surface area contributed by atoms with E-state index < -0.39 is 10.5 Å². The molecule has 1 aromatic carbocycles.